The van der Waals surface area contributed by atoms with E-state index in [1.165, 1.54) is 7.11 Å². The lowest BCUT2D eigenvalue weighted by atomic mass is 9.97. The Hall–Kier alpha value is -0.940. The Morgan fingerprint density at radius 2 is 2.41 bits per heavy atom. The molecule has 0 aliphatic heterocycles. The first-order valence-electron chi connectivity index (χ1n) is 5.62. The quantitative estimate of drug-likeness (QED) is 0.643. The summed E-state index contributed by atoms with van der Waals surface area (Å²) in [5.41, 5.74) is 5.34. The van der Waals surface area contributed by atoms with Gasteiger partial charge in [-0.1, -0.05) is 0 Å². The van der Waals surface area contributed by atoms with Crippen LogP contribution in [0.1, 0.15) is 18.6 Å². The average Bonchev–Trinajstić information content (AvgIpc) is 3.10. The van der Waals surface area contributed by atoms with Gasteiger partial charge in [-0.2, -0.15) is 0 Å². The van der Waals surface area contributed by atoms with Crippen LogP contribution in [-0.2, 0) is 9.53 Å². The van der Waals surface area contributed by atoms with Gasteiger partial charge in [0, 0.05) is 10.6 Å². The minimum absolute atomic E-state index is 0.259. The maximum atomic E-state index is 11.8. The minimum atomic E-state index is -0.858. The molecule has 1 fully saturated rings. The van der Waals surface area contributed by atoms with Gasteiger partial charge >= 0.3 is 5.97 Å². The second kappa shape index (κ2) is 4.74. The molecular formula is C12H17NO3S. The van der Waals surface area contributed by atoms with Crippen LogP contribution in [0.15, 0.2) is 21.6 Å². The molecule has 5 heteroatoms. The van der Waals surface area contributed by atoms with Crippen LogP contribution in [0, 0.1) is 12.8 Å². The number of furan rings is 1. The number of aryl methyl sites for hydroxylation is 1. The first-order valence-corrected chi connectivity index (χ1v) is 6.60. The zero-order valence-corrected chi connectivity index (χ0v) is 10.9. The third kappa shape index (κ3) is 2.50. The maximum absolute atomic E-state index is 11.8. The Morgan fingerprint density at radius 1 is 1.71 bits per heavy atom. The molecule has 1 aliphatic carbocycles. The van der Waals surface area contributed by atoms with Gasteiger partial charge in [-0.15, -0.1) is 11.8 Å². The first-order chi connectivity index (χ1) is 8.08. The summed E-state index contributed by atoms with van der Waals surface area (Å²) in [5.74, 6) is 1.34. The number of nitrogens with two attached hydrogens (primary N) is 1. The number of ether oxygens (including phenoxy) is 1. The van der Waals surface area contributed by atoms with Gasteiger partial charge in [0.15, 0.2) is 0 Å². The van der Waals surface area contributed by atoms with E-state index in [0.29, 0.717) is 5.75 Å². The van der Waals surface area contributed by atoms with Gasteiger partial charge in [-0.3, -0.25) is 4.79 Å². The van der Waals surface area contributed by atoms with Crippen LogP contribution >= 0.6 is 11.8 Å². The van der Waals surface area contributed by atoms with Crippen molar-refractivity contribution in [2.75, 3.05) is 12.9 Å². The summed E-state index contributed by atoms with van der Waals surface area (Å²) in [5, 5.41) is 0. The highest BCUT2D eigenvalue weighted by atomic mass is 32.2. The summed E-state index contributed by atoms with van der Waals surface area (Å²) < 4.78 is 10.0. The van der Waals surface area contributed by atoms with Gasteiger partial charge in [0.2, 0.25) is 0 Å². The second-order valence-corrected chi connectivity index (χ2v) is 5.45. The maximum Gasteiger partial charge on any atom is 0.327 e. The smallest absolute Gasteiger partial charge is 0.327 e. The van der Waals surface area contributed by atoms with Crippen molar-refractivity contribution < 1.29 is 13.9 Å². The molecule has 2 rings (SSSR count). The molecule has 1 heterocycles. The van der Waals surface area contributed by atoms with Gasteiger partial charge in [0.1, 0.15) is 11.3 Å². The minimum Gasteiger partial charge on any atom is -0.468 e. The number of thioether (sulfide) groups is 1. The van der Waals surface area contributed by atoms with E-state index in [2.05, 4.69) is 0 Å². The number of rotatable bonds is 5. The predicted molar refractivity (Wildman–Crippen MR) is 65.8 cm³/mol. The third-order valence-corrected chi connectivity index (χ3v) is 4.51. The van der Waals surface area contributed by atoms with E-state index in [4.69, 9.17) is 14.9 Å². The van der Waals surface area contributed by atoms with Crippen LogP contribution in [0.2, 0.25) is 0 Å². The molecule has 1 saturated carbocycles. The molecule has 94 valence electrons. The first kappa shape index (κ1) is 12.5. The number of hydrogen-bond donors (Lipinski definition) is 1. The van der Waals surface area contributed by atoms with Crippen LogP contribution < -0.4 is 5.73 Å². The molecule has 0 amide bonds. The zero-order valence-electron chi connectivity index (χ0n) is 10.1. The van der Waals surface area contributed by atoms with Crippen molar-refractivity contribution in [3.63, 3.8) is 0 Å². The molecule has 17 heavy (non-hydrogen) atoms. The Labute approximate surface area is 105 Å². The molecule has 1 aromatic rings. The van der Waals surface area contributed by atoms with Gasteiger partial charge in [-0.05, 0) is 31.7 Å². The van der Waals surface area contributed by atoms with Crippen molar-refractivity contribution in [2.24, 2.45) is 11.7 Å². The van der Waals surface area contributed by atoms with Gasteiger partial charge < -0.3 is 14.9 Å². The standard InChI is InChI=1S/C12H17NO3S/c1-8-10(5-6-16-8)17-7-12(13,9-3-4-9)11(14)15-2/h5-6,9H,3-4,7,13H2,1-2H3. The summed E-state index contributed by atoms with van der Waals surface area (Å²) in [6.07, 6.45) is 3.66. The van der Waals surface area contributed by atoms with Crippen LogP contribution in [-0.4, -0.2) is 24.4 Å². The highest BCUT2D eigenvalue weighted by Gasteiger charge is 2.48. The molecule has 0 saturated heterocycles. The fourth-order valence-electron chi connectivity index (χ4n) is 1.85. The molecule has 2 N–H and O–H groups in total. The van der Waals surface area contributed by atoms with Crippen molar-refractivity contribution in [3.8, 4) is 0 Å². The van der Waals surface area contributed by atoms with E-state index in [0.717, 1.165) is 23.5 Å². The van der Waals surface area contributed by atoms with Crippen molar-refractivity contribution in [2.45, 2.75) is 30.2 Å². The number of carbonyl (C=O) groups excluding carboxylic acids is 1. The van der Waals surface area contributed by atoms with Gasteiger partial charge in [0.05, 0.1) is 13.4 Å². The Bertz CT molecular complexity index is 414. The predicted octanol–water partition coefficient (Wildman–Crippen LogP) is 1.96. The lowest BCUT2D eigenvalue weighted by molar-refractivity contribution is -0.146. The fourth-order valence-corrected chi connectivity index (χ4v) is 3.00. The fraction of sp³-hybridized carbons (Fsp3) is 0.583. The molecule has 1 aliphatic rings. The Morgan fingerprint density at radius 3 is 2.88 bits per heavy atom. The molecule has 1 aromatic heterocycles. The molecular weight excluding hydrogens is 238 g/mol. The monoisotopic (exact) mass is 255 g/mol. The molecule has 1 atom stereocenters. The molecule has 0 spiro atoms. The SMILES string of the molecule is COC(=O)C(N)(CSc1ccoc1C)C1CC1. The van der Waals surface area contributed by atoms with Gasteiger partial charge in [0.25, 0.3) is 0 Å². The van der Waals surface area contributed by atoms with E-state index in [-0.39, 0.29) is 11.9 Å². The van der Waals surface area contributed by atoms with Crippen molar-refractivity contribution >= 4 is 17.7 Å². The number of carbonyl (C=O) groups is 1. The number of hydrogen-bond acceptors (Lipinski definition) is 5. The van der Waals surface area contributed by atoms with E-state index in [1.807, 2.05) is 13.0 Å². The van der Waals surface area contributed by atoms with E-state index in [1.54, 1.807) is 18.0 Å². The van der Waals surface area contributed by atoms with Gasteiger partial charge in [-0.25, -0.2) is 0 Å². The largest absolute Gasteiger partial charge is 0.468 e. The number of esters is 1. The molecule has 0 radical (unpaired) electrons. The second-order valence-electron chi connectivity index (χ2n) is 4.44. The van der Waals surface area contributed by atoms with E-state index >= 15 is 0 Å². The molecule has 4 nitrogen and oxygen atoms in total. The van der Waals surface area contributed by atoms with Crippen LogP contribution in [0.4, 0.5) is 0 Å². The van der Waals surface area contributed by atoms with Crippen molar-refractivity contribution in [1.82, 2.24) is 0 Å². The average molecular weight is 255 g/mol. The lowest BCUT2D eigenvalue weighted by Crippen LogP contribution is -2.53. The molecule has 0 aromatic carbocycles. The van der Waals surface area contributed by atoms with E-state index in [9.17, 15) is 4.79 Å². The third-order valence-electron chi connectivity index (χ3n) is 3.15. The normalized spacial score (nSPS) is 18.8. The van der Waals surface area contributed by atoms with E-state index < -0.39 is 5.54 Å². The topological polar surface area (TPSA) is 65.5 Å². The van der Waals surface area contributed by atoms with Crippen molar-refractivity contribution in [1.29, 1.82) is 0 Å². The van der Waals surface area contributed by atoms with Crippen molar-refractivity contribution in [3.05, 3.63) is 18.1 Å². The Kier molecular flexibility index (Phi) is 3.49. The molecule has 0 bridgehead atoms. The van der Waals surface area contributed by atoms with Crippen LogP contribution in [0.25, 0.3) is 0 Å². The highest BCUT2D eigenvalue weighted by molar-refractivity contribution is 7.99. The number of methoxy groups -OCH3 is 1. The summed E-state index contributed by atoms with van der Waals surface area (Å²) in [6, 6.07) is 1.89. The summed E-state index contributed by atoms with van der Waals surface area (Å²) in [4.78, 5) is 12.8. The highest BCUT2D eigenvalue weighted by Crippen LogP contribution is 2.41. The van der Waals surface area contributed by atoms with Crippen LogP contribution in [0.5, 0.6) is 0 Å². The molecule has 1 unspecified atom stereocenters. The Balaban J connectivity index is 2.04. The summed E-state index contributed by atoms with van der Waals surface area (Å²) in [7, 11) is 1.39. The van der Waals surface area contributed by atoms with Crippen LogP contribution in [0.3, 0.4) is 0 Å². The summed E-state index contributed by atoms with van der Waals surface area (Å²) in [6.45, 7) is 1.90. The zero-order chi connectivity index (χ0) is 12.5. The summed E-state index contributed by atoms with van der Waals surface area (Å²) >= 11 is 1.55. The lowest BCUT2D eigenvalue weighted by Gasteiger charge is -2.25.